The highest BCUT2D eigenvalue weighted by molar-refractivity contribution is 5.98. The van der Waals surface area contributed by atoms with Crippen molar-refractivity contribution >= 4 is 16.8 Å². The number of hydrogen-bond donors (Lipinski definition) is 1. The van der Waals surface area contributed by atoms with E-state index in [0.29, 0.717) is 26.1 Å². The van der Waals surface area contributed by atoms with Crippen LogP contribution in [0.2, 0.25) is 0 Å². The summed E-state index contributed by atoms with van der Waals surface area (Å²) in [7, 11) is 0. The molecule has 3 aromatic heterocycles. The fraction of sp³-hybridized carbons (Fsp3) is 0.308. The Bertz CT molecular complexity index is 1500. The largest absolute Gasteiger partial charge is 0.346 e. The van der Waals surface area contributed by atoms with E-state index in [0.717, 1.165) is 41.4 Å². The van der Waals surface area contributed by atoms with Crippen LogP contribution in [0.25, 0.3) is 22.3 Å². The van der Waals surface area contributed by atoms with Crippen molar-refractivity contribution in [1.29, 1.82) is 10.5 Å². The molecule has 1 saturated heterocycles. The normalized spacial score (nSPS) is 15.3. The predicted octanol–water partition coefficient (Wildman–Crippen LogP) is 2.79. The first-order valence-electron chi connectivity index (χ1n) is 11.9. The van der Waals surface area contributed by atoms with Gasteiger partial charge in [-0.1, -0.05) is 0 Å². The topological polar surface area (TPSA) is 131 Å². The third kappa shape index (κ3) is 5.23. The number of carbonyl (C=O) groups excluding carboxylic acids is 1. The van der Waals surface area contributed by atoms with Crippen LogP contribution >= 0.6 is 0 Å². The van der Waals surface area contributed by atoms with Crippen LogP contribution in [0.15, 0.2) is 49.2 Å². The van der Waals surface area contributed by atoms with E-state index in [1.165, 1.54) is 18.5 Å². The Hall–Kier alpha value is -4.45. The number of nitriles is 2. The molecule has 0 amide bonds. The lowest BCUT2D eigenvalue weighted by Crippen LogP contribution is -2.49. The van der Waals surface area contributed by atoms with E-state index in [9.17, 15) is 14.4 Å². The second kappa shape index (κ2) is 10.7. The monoisotopic (exact) mass is 497 g/mol. The Kier molecular flexibility index (Phi) is 6.99. The van der Waals surface area contributed by atoms with E-state index in [1.807, 2.05) is 34.1 Å². The number of rotatable bonds is 8. The van der Waals surface area contributed by atoms with Crippen LogP contribution < -0.4 is 0 Å². The minimum Gasteiger partial charge on any atom is -0.346 e. The summed E-state index contributed by atoms with van der Waals surface area (Å²) in [5.74, 6) is -0.969. The molecule has 1 N–H and O–H groups in total. The van der Waals surface area contributed by atoms with E-state index in [2.05, 4.69) is 31.0 Å². The first-order valence-corrected chi connectivity index (χ1v) is 11.9. The van der Waals surface area contributed by atoms with Gasteiger partial charge in [0.25, 0.3) is 0 Å². The van der Waals surface area contributed by atoms with Gasteiger partial charge in [0.1, 0.15) is 17.8 Å². The summed E-state index contributed by atoms with van der Waals surface area (Å²) in [5.41, 5.74) is 2.59. The van der Waals surface area contributed by atoms with Crippen molar-refractivity contribution in [2.24, 2.45) is 0 Å². The second-order valence-electron chi connectivity index (χ2n) is 8.99. The van der Waals surface area contributed by atoms with Crippen molar-refractivity contribution in [2.45, 2.75) is 12.5 Å². The van der Waals surface area contributed by atoms with Gasteiger partial charge < -0.3 is 4.98 Å². The van der Waals surface area contributed by atoms with Crippen LogP contribution in [0.1, 0.15) is 28.4 Å². The van der Waals surface area contributed by atoms with Crippen molar-refractivity contribution in [3.05, 3.63) is 66.1 Å². The quantitative estimate of drug-likeness (QED) is 0.368. The molecule has 5 rings (SSSR count). The fourth-order valence-electron chi connectivity index (χ4n) is 4.64. The molecule has 1 atom stereocenters. The van der Waals surface area contributed by atoms with Crippen molar-refractivity contribution in [3.63, 3.8) is 0 Å². The Morgan fingerprint density at radius 1 is 1.14 bits per heavy atom. The average Bonchev–Trinajstić information content (AvgIpc) is 3.59. The third-order valence-corrected chi connectivity index (χ3v) is 6.63. The minimum atomic E-state index is -0.667. The number of hydrogen-bond acceptors (Lipinski definition) is 8. The summed E-state index contributed by atoms with van der Waals surface area (Å²) in [6.07, 6.45) is 7.31. The molecule has 4 heterocycles. The van der Waals surface area contributed by atoms with Gasteiger partial charge in [-0.05, 0) is 24.3 Å². The van der Waals surface area contributed by atoms with Gasteiger partial charge in [-0.25, -0.2) is 14.4 Å². The SMILES string of the molecule is N#CCC(CN1CCN(CC(=O)c2ccc(C#N)cc2F)CC1)n1cc(-c2ncnc3[nH]ccc23)cn1. The molecule has 1 aliphatic rings. The molecule has 186 valence electrons. The standard InChI is InChI=1S/C26H24FN9O/c27-23-11-18(12-29)1-2-21(23)24(37)16-35-9-7-34(8-10-35)15-20(3-5-28)36-14-19(13-33-36)25-22-4-6-30-26(22)32-17-31-25/h1-2,4,6,11,13-14,17,20H,3,7-10,15-16H2,(H,30,31,32). The summed E-state index contributed by atoms with van der Waals surface area (Å²) in [5, 5.41) is 23.8. The van der Waals surface area contributed by atoms with Crippen molar-refractivity contribution in [3.8, 4) is 23.4 Å². The molecule has 0 spiro atoms. The summed E-state index contributed by atoms with van der Waals surface area (Å²) < 4.78 is 16.0. The maximum Gasteiger partial charge on any atom is 0.179 e. The van der Waals surface area contributed by atoms with E-state index in [1.54, 1.807) is 6.20 Å². The van der Waals surface area contributed by atoms with Crippen LogP contribution in [0.5, 0.6) is 0 Å². The van der Waals surface area contributed by atoms with E-state index >= 15 is 0 Å². The van der Waals surface area contributed by atoms with Crippen LogP contribution in [-0.4, -0.2) is 79.6 Å². The van der Waals surface area contributed by atoms with Gasteiger partial charge in [0.2, 0.25) is 0 Å². The molecule has 0 aliphatic carbocycles. The summed E-state index contributed by atoms with van der Waals surface area (Å²) >= 11 is 0. The molecule has 37 heavy (non-hydrogen) atoms. The zero-order valence-corrected chi connectivity index (χ0v) is 20.0. The minimum absolute atomic E-state index is 0.00519. The summed E-state index contributed by atoms with van der Waals surface area (Å²) in [4.78, 5) is 28.6. The zero-order chi connectivity index (χ0) is 25.8. The van der Waals surface area contributed by atoms with Crippen LogP contribution in [0.3, 0.4) is 0 Å². The first-order chi connectivity index (χ1) is 18.1. The van der Waals surface area contributed by atoms with E-state index in [-0.39, 0.29) is 29.5 Å². The number of ketones is 1. The number of benzene rings is 1. The smallest absolute Gasteiger partial charge is 0.179 e. The van der Waals surface area contributed by atoms with Crippen LogP contribution in [-0.2, 0) is 0 Å². The van der Waals surface area contributed by atoms with Gasteiger partial charge in [0.15, 0.2) is 5.78 Å². The lowest BCUT2D eigenvalue weighted by atomic mass is 10.1. The molecular weight excluding hydrogens is 473 g/mol. The van der Waals surface area contributed by atoms with Crippen molar-refractivity contribution in [2.75, 3.05) is 39.3 Å². The summed E-state index contributed by atoms with van der Waals surface area (Å²) in [6.45, 7) is 3.50. The van der Waals surface area contributed by atoms with Gasteiger partial charge in [-0.15, -0.1) is 0 Å². The Morgan fingerprint density at radius 3 is 2.70 bits per heavy atom. The number of piperazine rings is 1. The number of aromatic amines is 1. The number of Topliss-reactive ketones (excluding diaryl/α,β-unsaturated/α-hetero) is 1. The molecule has 10 nitrogen and oxygen atoms in total. The maximum atomic E-state index is 14.2. The van der Waals surface area contributed by atoms with Gasteiger partial charge in [0.05, 0.1) is 54.2 Å². The molecular formula is C26H24FN9O. The number of carbonyl (C=O) groups is 1. The average molecular weight is 498 g/mol. The number of nitrogens with one attached hydrogen (secondary N) is 1. The molecule has 1 aromatic carbocycles. The van der Waals surface area contributed by atoms with Gasteiger partial charge in [-0.2, -0.15) is 15.6 Å². The van der Waals surface area contributed by atoms with Gasteiger partial charge in [-0.3, -0.25) is 19.3 Å². The molecule has 1 fully saturated rings. The van der Waals surface area contributed by atoms with Gasteiger partial charge in [0, 0.05) is 56.1 Å². The molecule has 0 saturated carbocycles. The number of halogens is 1. The first kappa shape index (κ1) is 24.3. The Balaban J connectivity index is 1.20. The van der Waals surface area contributed by atoms with Crippen LogP contribution in [0, 0.1) is 28.5 Å². The molecule has 11 heteroatoms. The predicted molar refractivity (Wildman–Crippen MR) is 133 cm³/mol. The number of nitrogens with zero attached hydrogens (tertiary/aromatic N) is 8. The molecule has 1 aliphatic heterocycles. The molecule has 4 aromatic rings. The third-order valence-electron chi connectivity index (χ3n) is 6.63. The second-order valence-corrected chi connectivity index (χ2v) is 8.99. The molecule has 1 unspecified atom stereocenters. The Morgan fingerprint density at radius 2 is 1.95 bits per heavy atom. The van der Waals surface area contributed by atoms with E-state index in [4.69, 9.17) is 5.26 Å². The Labute approximate surface area is 212 Å². The number of aromatic nitrogens is 5. The number of fused-ring (bicyclic) bond motifs is 1. The zero-order valence-electron chi connectivity index (χ0n) is 20.0. The summed E-state index contributed by atoms with van der Waals surface area (Å²) in [6, 6.07) is 9.85. The fourth-order valence-corrected chi connectivity index (χ4v) is 4.64. The lowest BCUT2D eigenvalue weighted by molar-refractivity contribution is 0.0826. The highest BCUT2D eigenvalue weighted by Crippen LogP contribution is 2.26. The lowest BCUT2D eigenvalue weighted by Gasteiger charge is -2.35. The molecule has 0 radical (unpaired) electrons. The van der Waals surface area contributed by atoms with Crippen molar-refractivity contribution < 1.29 is 9.18 Å². The number of H-pyrrole nitrogens is 1. The van der Waals surface area contributed by atoms with Crippen molar-refractivity contribution in [1.82, 2.24) is 34.5 Å². The highest BCUT2D eigenvalue weighted by Gasteiger charge is 2.24. The highest BCUT2D eigenvalue weighted by atomic mass is 19.1. The van der Waals surface area contributed by atoms with Gasteiger partial charge >= 0.3 is 0 Å². The molecule has 0 bridgehead atoms. The van der Waals surface area contributed by atoms with E-state index < -0.39 is 5.82 Å². The van der Waals surface area contributed by atoms with Crippen LogP contribution in [0.4, 0.5) is 4.39 Å². The maximum absolute atomic E-state index is 14.2.